The fourth-order valence-corrected chi connectivity index (χ4v) is 1.98. The van der Waals surface area contributed by atoms with E-state index in [2.05, 4.69) is 4.74 Å². The van der Waals surface area contributed by atoms with Crippen LogP contribution in [-0.4, -0.2) is 78.9 Å². The fraction of sp³-hybridized carbons (Fsp3) is 0.833. The Bertz CT molecular complexity index is 355. The van der Waals surface area contributed by atoms with Crippen LogP contribution in [-0.2, 0) is 14.3 Å². The third-order valence-corrected chi connectivity index (χ3v) is 3.09. The number of hydrogen-bond acceptors (Lipinski definition) is 4. The van der Waals surface area contributed by atoms with Crippen LogP contribution in [0.15, 0.2) is 0 Å². The van der Waals surface area contributed by atoms with Crippen molar-refractivity contribution in [3.8, 4) is 0 Å². The van der Waals surface area contributed by atoms with Crippen molar-refractivity contribution in [2.24, 2.45) is 0 Å². The Labute approximate surface area is 120 Å². The summed E-state index contributed by atoms with van der Waals surface area (Å²) >= 11 is 0. The first-order chi connectivity index (χ1) is 9.78. The van der Waals surface area contributed by atoms with Gasteiger partial charge in [0.05, 0.1) is 19.4 Å². The van der Waals surface area contributed by atoms with E-state index >= 15 is 0 Å². The van der Waals surface area contributed by atoms with E-state index < -0.39 is 18.8 Å². The van der Waals surface area contributed by atoms with Crippen LogP contribution in [0.1, 0.15) is 12.8 Å². The number of hydrogen-bond donors (Lipinski definition) is 1. The van der Waals surface area contributed by atoms with E-state index in [1.807, 2.05) is 4.90 Å². The van der Waals surface area contributed by atoms with Crippen molar-refractivity contribution in [2.75, 3.05) is 45.9 Å². The average molecular weight is 312 g/mol. The zero-order valence-electron chi connectivity index (χ0n) is 11.6. The second-order valence-electron chi connectivity index (χ2n) is 4.78. The molecule has 0 spiro atoms. The zero-order chi connectivity index (χ0) is 15.9. The van der Waals surface area contributed by atoms with Crippen molar-refractivity contribution < 1.29 is 32.6 Å². The first-order valence-electron chi connectivity index (χ1n) is 6.64. The number of carbonyl (C=O) groups excluding carboxylic acids is 1. The minimum Gasteiger partial charge on any atom is -0.481 e. The second kappa shape index (κ2) is 8.18. The molecule has 1 heterocycles. The van der Waals surface area contributed by atoms with Gasteiger partial charge in [0.2, 0.25) is 5.91 Å². The van der Waals surface area contributed by atoms with Crippen LogP contribution in [0.4, 0.5) is 13.2 Å². The second-order valence-corrected chi connectivity index (χ2v) is 4.78. The van der Waals surface area contributed by atoms with Gasteiger partial charge in [-0.1, -0.05) is 0 Å². The standard InChI is InChI=1S/C12H19F3N2O4/c13-12(14,15)9-21-8-2-10(18)17-6-4-16(5-7-17)3-1-11(19)20/h1-9H2,(H,19,20). The first kappa shape index (κ1) is 17.7. The van der Waals surface area contributed by atoms with Gasteiger partial charge in [0.25, 0.3) is 0 Å². The highest BCUT2D eigenvalue weighted by molar-refractivity contribution is 5.76. The molecule has 1 saturated heterocycles. The van der Waals surface area contributed by atoms with Crippen molar-refractivity contribution in [3.05, 3.63) is 0 Å². The van der Waals surface area contributed by atoms with Crippen LogP contribution in [0.2, 0.25) is 0 Å². The summed E-state index contributed by atoms with van der Waals surface area (Å²) in [6.45, 7) is 0.896. The van der Waals surface area contributed by atoms with Gasteiger partial charge in [-0.2, -0.15) is 13.2 Å². The maximum absolute atomic E-state index is 11.8. The third kappa shape index (κ3) is 7.86. The lowest BCUT2D eigenvalue weighted by Gasteiger charge is -2.34. The molecule has 1 aliphatic rings. The lowest BCUT2D eigenvalue weighted by Crippen LogP contribution is -2.49. The highest BCUT2D eigenvalue weighted by atomic mass is 19.4. The van der Waals surface area contributed by atoms with Crippen LogP contribution in [0.3, 0.4) is 0 Å². The number of alkyl halides is 3. The quantitative estimate of drug-likeness (QED) is 0.696. The maximum atomic E-state index is 11.8. The van der Waals surface area contributed by atoms with E-state index in [1.165, 1.54) is 0 Å². The number of carboxylic acid groups (broad SMARTS) is 1. The molecule has 0 saturated carbocycles. The van der Waals surface area contributed by atoms with Gasteiger partial charge in [-0.05, 0) is 0 Å². The minimum absolute atomic E-state index is 0.0548. The summed E-state index contributed by atoms with van der Waals surface area (Å²) in [6, 6.07) is 0. The van der Waals surface area contributed by atoms with Gasteiger partial charge in [0.1, 0.15) is 6.61 Å². The molecule has 6 nitrogen and oxygen atoms in total. The van der Waals surface area contributed by atoms with Crippen LogP contribution in [0, 0.1) is 0 Å². The van der Waals surface area contributed by atoms with Crippen molar-refractivity contribution in [2.45, 2.75) is 19.0 Å². The molecule has 1 aliphatic heterocycles. The number of halogens is 3. The first-order valence-corrected chi connectivity index (χ1v) is 6.64. The lowest BCUT2D eigenvalue weighted by atomic mass is 10.2. The van der Waals surface area contributed by atoms with Crippen molar-refractivity contribution >= 4 is 11.9 Å². The van der Waals surface area contributed by atoms with Crippen LogP contribution < -0.4 is 0 Å². The van der Waals surface area contributed by atoms with Crippen LogP contribution in [0.25, 0.3) is 0 Å². The van der Waals surface area contributed by atoms with E-state index in [1.54, 1.807) is 4.90 Å². The Kier molecular flexibility index (Phi) is 6.90. The van der Waals surface area contributed by atoms with Gasteiger partial charge < -0.3 is 14.7 Å². The van der Waals surface area contributed by atoms with Gasteiger partial charge in [-0.3, -0.25) is 14.5 Å². The van der Waals surface area contributed by atoms with Gasteiger partial charge in [0.15, 0.2) is 0 Å². The number of carbonyl (C=O) groups is 2. The molecule has 0 aromatic rings. The Morgan fingerprint density at radius 1 is 1.10 bits per heavy atom. The van der Waals surface area contributed by atoms with E-state index in [0.29, 0.717) is 32.7 Å². The molecule has 0 unspecified atom stereocenters. The molecule has 0 aliphatic carbocycles. The average Bonchev–Trinajstić information content (AvgIpc) is 2.40. The molecular weight excluding hydrogens is 293 g/mol. The molecule has 1 fully saturated rings. The topological polar surface area (TPSA) is 70.1 Å². The van der Waals surface area contributed by atoms with E-state index in [9.17, 15) is 22.8 Å². The van der Waals surface area contributed by atoms with Crippen molar-refractivity contribution in [1.29, 1.82) is 0 Å². The van der Waals surface area contributed by atoms with Gasteiger partial charge in [0, 0.05) is 32.7 Å². The molecule has 0 aromatic heterocycles. The van der Waals surface area contributed by atoms with Gasteiger partial charge in [-0.25, -0.2) is 0 Å². The molecule has 0 aromatic carbocycles. The number of nitrogens with zero attached hydrogens (tertiary/aromatic N) is 2. The van der Waals surface area contributed by atoms with Crippen molar-refractivity contribution in [3.63, 3.8) is 0 Å². The minimum atomic E-state index is -4.38. The van der Waals surface area contributed by atoms with Gasteiger partial charge in [-0.15, -0.1) is 0 Å². The fourth-order valence-electron chi connectivity index (χ4n) is 1.98. The largest absolute Gasteiger partial charge is 0.481 e. The number of rotatable bonds is 7. The molecule has 1 N–H and O–H groups in total. The molecule has 1 amide bonds. The highest BCUT2D eigenvalue weighted by Crippen LogP contribution is 2.14. The number of aliphatic carboxylic acids is 1. The summed E-state index contributed by atoms with van der Waals surface area (Å²) in [5.41, 5.74) is 0. The van der Waals surface area contributed by atoms with Crippen molar-refractivity contribution in [1.82, 2.24) is 9.80 Å². The Morgan fingerprint density at radius 3 is 2.24 bits per heavy atom. The molecule has 9 heteroatoms. The Morgan fingerprint density at radius 2 is 1.71 bits per heavy atom. The predicted octanol–water partition coefficient (Wildman–Crippen LogP) is 0.574. The predicted molar refractivity (Wildman–Crippen MR) is 66.8 cm³/mol. The number of piperazine rings is 1. The summed E-state index contributed by atoms with van der Waals surface area (Å²) in [5.74, 6) is -1.11. The Balaban J connectivity index is 2.15. The zero-order valence-corrected chi connectivity index (χ0v) is 11.6. The smallest absolute Gasteiger partial charge is 0.411 e. The number of amides is 1. The highest BCUT2D eigenvalue weighted by Gasteiger charge is 2.27. The monoisotopic (exact) mass is 312 g/mol. The third-order valence-electron chi connectivity index (χ3n) is 3.09. The molecule has 1 rings (SSSR count). The SMILES string of the molecule is O=C(O)CCN1CCN(C(=O)CCOCC(F)(F)F)CC1. The molecule has 0 atom stereocenters. The number of carboxylic acids is 1. The maximum Gasteiger partial charge on any atom is 0.411 e. The summed E-state index contributed by atoms with van der Waals surface area (Å²) < 4.78 is 39.9. The normalized spacial score (nSPS) is 17.0. The Hall–Kier alpha value is -1.35. The molecular formula is C12H19F3N2O4. The summed E-state index contributed by atoms with van der Waals surface area (Å²) in [7, 11) is 0. The summed E-state index contributed by atoms with van der Waals surface area (Å²) in [4.78, 5) is 25.7. The van der Waals surface area contributed by atoms with E-state index in [4.69, 9.17) is 5.11 Å². The summed E-state index contributed by atoms with van der Waals surface area (Å²) in [5, 5.41) is 8.58. The number of ether oxygens (including phenoxy) is 1. The summed E-state index contributed by atoms with van der Waals surface area (Å²) in [6.07, 6.45) is -4.40. The van der Waals surface area contributed by atoms with Crippen LogP contribution in [0.5, 0.6) is 0 Å². The van der Waals surface area contributed by atoms with E-state index in [0.717, 1.165) is 0 Å². The molecule has 21 heavy (non-hydrogen) atoms. The van der Waals surface area contributed by atoms with Crippen LogP contribution >= 0.6 is 0 Å². The molecule has 0 radical (unpaired) electrons. The van der Waals surface area contributed by atoms with Gasteiger partial charge >= 0.3 is 12.1 Å². The van der Waals surface area contributed by atoms with E-state index in [-0.39, 0.29) is 25.4 Å². The molecule has 122 valence electrons. The lowest BCUT2D eigenvalue weighted by molar-refractivity contribution is -0.175. The molecule has 0 bridgehead atoms.